The van der Waals surface area contributed by atoms with E-state index in [9.17, 15) is 9.59 Å². The number of carbonyl (C=O) groups excluding carboxylic acids is 2. The molecule has 0 bridgehead atoms. The van der Waals surface area contributed by atoms with E-state index in [-0.39, 0.29) is 17.5 Å². The molecule has 2 aromatic heterocycles. The summed E-state index contributed by atoms with van der Waals surface area (Å²) in [5, 5.41) is 17.0. The van der Waals surface area contributed by atoms with Crippen molar-refractivity contribution in [1.29, 1.82) is 0 Å². The van der Waals surface area contributed by atoms with Crippen LogP contribution >= 0.6 is 0 Å². The molecule has 1 aliphatic heterocycles. The maximum Gasteiger partial charge on any atom is 0.274 e. The highest BCUT2D eigenvalue weighted by atomic mass is 16.2. The van der Waals surface area contributed by atoms with Gasteiger partial charge in [-0.25, -0.2) is 4.98 Å². The van der Waals surface area contributed by atoms with Gasteiger partial charge in [-0.1, -0.05) is 36.4 Å². The number of anilines is 5. The number of hydrogen-bond acceptors (Lipinski definition) is 9. The van der Waals surface area contributed by atoms with Crippen LogP contribution < -0.4 is 20.9 Å². The second-order valence-corrected chi connectivity index (χ2v) is 12.2. The van der Waals surface area contributed by atoms with E-state index in [0.717, 1.165) is 43.1 Å². The standard InChI is InChI=1S/C36H40N10O2/c1-24-9-5-11-26(21-24)38-35(48)33-31-32(25-10-6-12-27(22-25)37-30(47)15-8-16-44(2)3)40-36(41-34(31)43-42-33)39-28-13-7-14-29(23-28)46-19-17-45(4)18-20-46/h5-15,21-23H,16-20H2,1-4H3,(H,37,47)(H,38,48)(H2,39,40,41,42,43)/b15-8+. The summed E-state index contributed by atoms with van der Waals surface area (Å²) in [6.07, 6.45) is 3.31. The third kappa shape index (κ3) is 7.85. The molecule has 3 heterocycles. The predicted octanol–water partition coefficient (Wildman–Crippen LogP) is 5.13. The second-order valence-electron chi connectivity index (χ2n) is 12.2. The first kappa shape index (κ1) is 32.4. The Kier molecular flexibility index (Phi) is 9.74. The number of piperazine rings is 1. The molecule has 2 amide bonds. The zero-order valence-corrected chi connectivity index (χ0v) is 27.6. The summed E-state index contributed by atoms with van der Waals surface area (Å²) in [5.41, 5.74) is 5.94. The molecule has 0 saturated carbocycles. The zero-order chi connectivity index (χ0) is 33.6. The van der Waals surface area contributed by atoms with Gasteiger partial charge in [0.05, 0.1) is 11.1 Å². The van der Waals surface area contributed by atoms with E-state index in [4.69, 9.17) is 9.97 Å². The Bertz CT molecular complexity index is 1960. The van der Waals surface area contributed by atoms with Crippen LogP contribution in [0.2, 0.25) is 0 Å². The molecule has 1 saturated heterocycles. The van der Waals surface area contributed by atoms with Crippen LogP contribution in [0, 0.1) is 6.92 Å². The highest BCUT2D eigenvalue weighted by molar-refractivity contribution is 6.14. The molecule has 6 rings (SSSR count). The molecule has 4 N–H and O–H groups in total. The molecule has 0 spiro atoms. The largest absolute Gasteiger partial charge is 0.369 e. The minimum Gasteiger partial charge on any atom is -0.369 e. The van der Waals surface area contributed by atoms with Gasteiger partial charge >= 0.3 is 0 Å². The fraction of sp³-hybridized carbons (Fsp3) is 0.250. The van der Waals surface area contributed by atoms with E-state index in [1.807, 2.05) is 86.6 Å². The van der Waals surface area contributed by atoms with Crippen molar-refractivity contribution in [2.75, 3.05) is 74.7 Å². The predicted molar refractivity (Wildman–Crippen MR) is 192 cm³/mol. The van der Waals surface area contributed by atoms with Crippen molar-refractivity contribution in [1.82, 2.24) is 30.0 Å². The third-order valence-electron chi connectivity index (χ3n) is 8.03. The number of amides is 2. The first-order valence-electron chi connectivity index (χ1n) is 15.9. The Hall–Kier alpha value is -5.59. The molecule has 5 aromatic rings. The Morgan fingerprint density at radius 2 is 1.62 bits per heavy atom. The smallest absolute Gasteiger partial charge is 0.274 e. The average Bonchev–Trinajstić information content (AvgIpc) is 3.49. The number of aromatic amines is 1. The maximum atomic E-state index is 13.6. The number of likely N-dealkylation sites (N-methyl/N-ethyl adjacent to an activating group) is 2. The number of H-pyrrole nitrogens is 1. The molecule has 12 heteroatoms. The van der Waals surface area contributed by atoms with Gasteiger partial charge in [-0.3, -0.25) is 14.7 Å². The van der Waals surface area contributed by atoms with Crippen molar-refractivity contribution in [3.63, 3.8) is 0 Å². The zero-order valence-electron chi connectivity index (χ0n) is 27.6. The van der Waals surface area contributed by atoms with Gasteiger partial charge in [0, 0.05) is 67.1 Å². The Balaban J connectivity index is 1.36. The molecule has 0 aliphatic carbocycles. The minimum atomic E-state index is -0.371. The highest BCUT2D eigenvalue weighted by Crippen LogP contribution is 2.32. The van der Waals surface area contributed by atoms with E-state index in [0.29, 0.717) is 46.2 Å². The van der Waals surface area contributed by atoms with Crippen LogP contribution in [-0.2, 0) is 4.79 Å². The number of fused-ring (bicyclic) bond motifs is 1. The SMILES string of the molecule is Cc1cccc(NC(=O)c2[nH]nc3nc(Nc4cccc(N5CCN(C)CC5)c4)nc(-c4cccc(NC(=O)/C=C/CN(C)C)c4)c23)c1. The molecule has 246 valence electrons. The Labute approximate surface area is 279 Å². The summed E-state index contributed by atoms with van der Waals surface area (Å²) < 4.78 is 0. The summed E-state index contributed by atoms with van der Waals surface area (Å²) in [6.45, 7) is 6.52. The number of hydrogen-bond donors (Lipinski definition) is 4. The molecule has 0 unspecified atom stereocenters. The fourth-order valence-electron chi connectivity index (χ4n) is 5.54. The summed E-state index contributed by atoms with van der Waals surface area (Å²) in [7, 11) is 6.01. The summed E-state index contributed by atoms with van der Waals surface area (Å²) >= 11 is 0. The summed E-state index contributed by atoms with van der Waals surface area (Å²) in [5.74, 6) is -0.291. The van der Waals surface area contributed by atoms with Gasteiger partial charge in [0.1, 0.15) is 5.69 Å². The normalized spacial score (nSPS) is 13.7. The quantitative estimate of drug-likeness (QED) is 0.153. The van der Waals surface area contributed by atoms with Crippen LogP contribution in [0.25, 0.3) is 22.3 Å². The molecule has 0 atom stereocenters. The average molecular weight is 645 g/mol. The van der Waals surface area contributed by atoms with Crippen LogP contribution in [0.15, 0.2) is 84.9 Å². The topological polar surface area (TPSA) is 134 Å². The van der Waals surface area contributed by atoms with Crippen LogP contribution in [0.5, 0.6) is 0 Å². The van der Waals surface area contributed by atoms with Crippen LogP contribution in [0.3, 0.4) is 0 Å². The Morgan fingerprint density at radius 1 is 0.896 bits per heavy atom. The minimum absolute atomic E-state index is 0.228. The molecule has 0 radical (unpaired) electrons. The second kappa shape index (κ2) is 14.4. The van der Waals surface area contributed by atoms with E-state index in [1.54, 1.807) is 6.08 Å². The first-order chi connectivity index (χ1) is 23.2. The number of aryl methyl sites for hydroxylation is 1. The van der Waals surface area contributed by atoms with Crippen molar-refractivity contribution >= 4 is 51.5 Å². The van der Waals surface area contributed by atoms with Gasteiger partial charge in [0.25, 0.3) is 5.91 Å². The number of benzene rings is 3. The molecule has 12 nitrogen and oxygen atoms in total. The molecular formula is C36H40N10O2. The van der Waals surface area contributed by atoms with Crippen molar-refractivity contribution in [3.05, 3.63) is 96.2 Å². The maximum absolute atomic E-state index is 13.6. The molecule has 1 fully saturated rings. The molecule has 1 aliphatic rings. The van der Waals surface area contributed by atoms with Crippen LogP contribution in [-0.4, -0.2) is 95.6 Å². The highest BCUT2D eigenvalue weighted by Gasteiger charge is 2.22. The summed E-state index contributed by atoms with van der Waals surface area (Å²) in [4.78, 5) is 42.5. The monoisotopic (exact) mass is 644 g/mol. The third-order valence-corrected chi connectivity index (χ3v) is 8.03. The van der Waals surface area contributed by atoms with Gasteiger partial charge in [-0.2, -0.15) is 10.1 Å². The lowest BCUT2D eigenvalue weighted by molar-refractivity contribution is -0.111. The van der Waals surface area contributed by atoms with Crippen molar-refractivity contribution in [2.24, 2.45) is 0 Å². The number of aromatic nitrogens is 4. The lowest BCUT2D eigenvalue weighted by Crippen LogP contribution is -2.44. The first-order valence-corrected chi connectivity index (χ1v) is 15.9. The van der Waals surface area contributed by atoms with E-state index < -0.39 is 0 Å². The molecule has 48 heavy (non-hydrogen) atoms. The van der Waals surface area contributed by atoms with Gasteiger partial charge in [0.15, 0.2) is 5.65 Å². The van der Waals surface area contributed by atoms with Crippen LogP contribution in [0.1, 0.15) is 16.1 Å². The number of carbonyl (C=O) groups is 2. The lowest BCUT2D eigenvalue weighted by atomic mass is 10.1. The van der Waals surface area contributed by atoms with Crippen molar-refractivity contribution in [2.45, 2.75) is 6.92 Å². The van der Waals surface area contributed by atoms with Crippen LogP contribution in [0.4, 0.5) is 28.7 Å². The number of rotatable bonds is 10. The van der Waals surface area contributed by atoms with Crippen molar-refractivity contribution in [3.8, 4) is 11.3 Å². The molecule has 3 aromatic carbocycles. The van der Waals surface area contributed by atoms with E-state index in [1.165, 1.54) is 6.08 Å². The van der Waals surface area contributed by atoms with Gasteiger partial charge in [-0.05, 0) is 76.1 Å². The van der Waals surface area contributed by atoms with Gasteiger partial charge in [0.2, 0.25) is 11.9 Å². The number of nitrogens with zero attached hydrogens (tertiary/aromatic N) is 6. The van der Waals surface area contributed by atoms with Gasteiger partial charge < -0.3 is 30.7 Å². The van der Waals surface area contributed by atoms with Gasteiger partial charge in [-0.15, -0.1) is 0 Å². The van der Waals surface area contributed by atoms with Crippen molar-refractivity contribution < 1.29 is 9.59 Å². The van der Waals surface area contributed by atoms with E-state index in [2.05, 4.69) is 55.1 Å². The summed E-state index contributed by atoms with van der Waals surface area (Å²) in [6, 6.07) is 23.1. The number of nitrogens with one attached hydrogen (secondary N) is 4. The Morgan fingerprint density at radius 3 is 2.40 bits per heavy atom. The molecular weight excluding hydrogens is 604 g/mol. The fourth-order valence-corrected chi connectivity index (χ4v) is 5.54. The lowest BCUT2D eigenvalue weighted by Gasteiger charge is -2.34. The van der Waals surface area contributed by atoms with E-state index >= 15 is 0 Å².